The lowest BCUT2D eigenvalue weighted by Gasteiger charge is -2.21. The molecule has 0 aromatic heterocycles. The topological polar surface area (TPSA) is 56.8 Å². The molecule has 0 radical (unpaired) electrons. The monoisotopic (exact) mass is 369 g/mol. The summed E-state index contributed by atoms with van der Waals surface area (Å²) in [5, 5.41) is 2.90. The van der Waals surface area contributed by atoms with Crippen LogP contribution in [0.25, 0.3) is 0 Å². The van der Waals surface area contributed by atoms with Gasteiger partial charge in [0.15, 0.2) is 17.6 Å². The first-order chi connectivity index (χ1) is 12.9. The molecule has 1 amide bonds. The van der Waals surface area contributed by atoms with Gasteiger partial charge in [-0.2, -0.15) is 0 Å². The van der Waals surface area contributed by atoms with Crippen molar-refractivity contribution in [2.24, 2.45) is 0 Å². The second kappa shape index (κ2) is 7.91. The molecule has 27 heavy (non-hydrogen) atoms. The lowest BCUT2D eigenvalue weighted by molar-refractivity contribution is -0.122. The maximum absolute atomic E-state index is 12.6. The molecule has 0 fully saturated rings. The fourth-order valence-corrected chi connectivity index (χ4v) is 2.86. The standard InChI is InChI=1S/C22H27NO4/c1-5-18(27-17-9-6-15(7-10-17)22(2,3)4)21(24)23-16-8-11-19-20(14-16)26-13-12-25-19/h6-11,14,18H,5,12-13H2,1-4H3,(H,23,24)/t18-/m0/s1. The molecular weight excluding hydrogens is 342 g/mol. The molecule has 0 spiro atoms. The van der Waals surface area contributed by atoms with Gasteiger partial charge >= 0.3 is 0 Å². The minimum absolute atomic E-state index is 0.0816. The minimum atomic E-state index is -0.571. The molecular formula is C22H27NO4. The number of carbonyl (C=O) groups is 1. The third kappa shape index (κ3) is 4.73. The van der Waals surface area contributed by atoms with Gasteiger partial charge in [0.25, 0.3) is 5.91 Å². The van der Waals surface area contributed by atoms with E-state index in [0.29, 0.717) is 42.6 Å². The summed E-state index contributed by atoms with van der Waals surface area (Å²) in [6.07, 6.45) is -0.00379. The van der Waals surface area contributed by atoms with E-state index in [1.807, 2.05) is 31.2 Å². The predicted octanol–water partition coefficient (Wildman–Crippen LogP) is 4.55. The van der Waals surface area contributed by atoms with Crippen LogP contribution in [0.2, 0.25) is 0 Å². The normalized spacial score (nSPS) is 14.4. The van der Waals surface area contributed by atoms with Crippen molar-refractivity contribution in [3.63, 3.8) is 0 Å². The number of rotatable bonds is 5. The summed E-state index contributed by atoms with van der Waals surface area (Å²) in [5.41, 5.74) is 1.97. The van der Waals surface area contributed by atoms with E-state index in [2.05, 4.69) is 26.1 Å². The van der Waals surface area contributed by atoms with Crippen LogP contribution in [-0.4, -0.2) is 25.2 Å². The van der Waals surface area contributed by atoms with E-state index in [1.54, 1.807) is 18.2 Å². The van der Waals surface area contributed by atoms with E-state index in [4.69, 9.17) is 14.2 Å². The van der Waals surface area contributed by atoms with Crippen LogP contribution in [0.4, 0.5) is 5.69 Å². The highest BCUT2D eigenvalue weighted by Gasteiger charge is 2.20. The number of benzene rings is 2. The number of anilines is 1. The van der Waals surface area contributed by atoms with Gasteiger partial charge in [-0.05, 0) is 41.7 Å². The van der Waals surface area contributed by atoms with Gasteiger partial charge < -0.3 is 19.5 Å². The molecule has 0 bridgehead atoms. The lowest BCUT2D eigenvalue weighted by Crippen LogP contribution is -2.32. The Balaban J connectivity index is 1.65. The summed E-state index contributed by atoms with van der Waals surface area (Å²) < 4.78 is 17.0. The van der Waals surface area contributed by atoms with Crippen LogP contribution in [0.15, 0.2) is 42.5 Å². The third-order valence-corrected chi connectivity index (χ3v) is 4.47. The van der Waals surface area contributed by atoms with Crippen LogP contribution in [-0.2, 0) is 10.2 Å². The summed E-state index contributed by atoms with van der Waals surface area (Å²) >= 11 is 0. The zero-order valence-corrected chi connectivity index (χ0v) is 16.4. The molecule has 1 atom stereocenters. The van der Waals surface area contributed by atoms with Gasteiger partial charge in [-0.1, -0.05) is 39.8 Å². The minimum Gasteiger partial charge on any atom is -0.486 e. The Labute approximate surface area is 160 Å². The average molecular weight is 369 g/mol. The second-order valence-electron chi connectivity index (χ2n) is 7.64. The van der Waals surface area contributed by atoms with E-state index < -0.39 is 6.10 Å². The molecule has 0 saturated heterocycles. The Morgan fingerprint density at radius 3 is 2.37 bits per heavy atom. The number of fused-ring (bicyclic) bond motifs is 1. The molecule has 2 aromatic rings. The molecule has 1 N–H and O–H groups in total. The quantitative estimate of drug-likeness (QED) is 0.840. The van der Waals surface area contributed by atoms with E-state index in [9.17, 15) is 4.79 Å². The van der Waals surface area contributed by atoms with Crippen LogP contribution >= 0.6 is 0 Å². The number of nitrogens with one attached hydrogen (secondary N) is 1. The average Bonchev–Trinajstić information content (AvgIpc) is 2.65. The molecule has 1 heterocycles. The Morgan fingerprint density at radius 2 is 1.74 bits per heavy atom. The molecule has 3 rings (SSSR count). The van der Waals surface area contributed by atoms with Crippen molar-refractivity contribution in [3.05, 3.63) is 48.0 Å². The van der Waals surface area contributed by atoms with E-state index >= 15 is 0 Å². The van der Waals surface area contributed by atoms with Gasteiger partial charge in [-0.15, -0.1) is 0 Å². The molecule has 0 aliphatic carbocycles. The summed E-state index contributed by atoms with van der Waals surface area (Å²) in [7, 11) is 0. The first kappa shape index (κ1) is 19.1. The number of hydrogen-bond acceptors (Lipinski definition) is 4. The van der Waals surface area contributed by atoms with Crippen molar-refractivity contribution in [2.75, 3.05) is 18.5 Å². The van der Waals surface area contributed by atoms with Gasteiger partial charge in [0.2, 0.25) is 0 Å². The first-order valence-electron chi connectivity index (χ1n) is 9.34. The van der Waals surface area contributed by atoms with E-state index in [0.717, 1.165) is 0 Å². The van der Waals surface area contributed by atoms with Crippen molar-refractivity contribution in [1.82, 2.24) is 0 Å². The second-order valence-corrected chi connectivity index (χ2v) is 7.64. The Hall–Kier alpha value is -2.69. The maximum atomic E-state index is 12.6. The van der Waals surface area contributed by atoms with Crippen LogP contribution in [0.5, 0.6) is 17.2 Å². The first-order valence-corrected chi connectivity index (χ1v) is 9.34. The molecule has 5 heteroatoms. The molecule has 5 nitrogen and oxygen atoms in total. The van der Waals surface area contributed by atoms with Gasteiger partial charge in [0.05, 0.1) is 0 Å². The fourth-order valence-electron chi connectivity index (χ4n) is 2.86. The smallest absolute Gasteiger partial charge is 0.265 e. The highest BCUT2D eigenvalue weighted by atomic mass is 16.6. The van der Waals surface area contributed by atoms with Gasteiger partial charge in [0.1, 0.15) is 19.0 Å². The van der Waals surface area contributed by atoms with Crippen molar-refractivity contribution in [2.45, 2.75) is 45.6 Å². The Morgan fingerprint density at radius 1 is 1.07 bits per heavy atom. The van der Waals surface area contributed by atoms with Crippen molar-refractivity contribution < 1.29 is 19.0 Å². The number of hydrogen-bond donors (Lipinski definition) is 1. The highest BCUT2D eigenvalue weighted by molar-refractivity contribution is 5.94. The molecule has 2 aromatic carbocycles. The fraction of sp³-hybridized carbons (Fsp3) is 0.409. The third-order valence-electron chi connectivity index (χ3n) is 4.47. The van der Waals surface area contributed by atoms with Crippen LogP contribution in [0.3, 0.4) is 0 Å². The summed E-state index contributed by atoms with van der Waals surface area (Å²) in [5.74, 6) is 1.84. The number of ether oxygens (including phenoxy) is 3. The molecule has 144 valence electrons. The summed E-state index contributed by atoms with van der Waals surface area (Å²) in [6, 6.07) is 13.3. The van der Waals surface area contributed by atoms with Crippen molar-refractivity contribution >= 4 is 11.6 Å². The highest BCUT2D eigenvalue weighted by Crippen LogP contribution is 2.32. The predicted molar refractivity (Wildman–Crippen MR) is 106 cm³/mol. The van der Waals surface area contributed by atoms with E-state index in [1.165, 1.54) is 5.56 Å². The lowest BCUT2D eigenvalue weighted by atomic mass is 9.87. The molecule has 0 saturated carbocycles. The molecule has 1 aliphatic heterocycles. The summed E-state index contributed by atoms with van der Waals surface area (Å²) in [6.45, 7) is 9.47. The largest absolute Gasteiger partial charge is 0.486 e. The molecule has 0 unspecified atom stereocenters. The number of amides is 1. The zero-order valence-electron chi connectivity index (χ0n) is 16.4. The van der Waals surface area contributed by atoms with Gasteiger partial charge in [0, 0.05) is 11.8 Å². The summed E-state index contributed by atoms with van der Waals surface area (Å²) in [4.78, 5) is 12.6. The maximum Gasteiger partial charge on any atom is 0.265 e. The Bertz CT molecular complexity index is 793. The van der Waals surface area contributed by atoms with Crippen molar-refractivity contribution in [3.8, 4) is 17.2 Å². The van der Waals surface area contributed by atoms with Crippen molar-refractivity contribution in [1.29, 1.82) is 0 Å². The Kier molecular flexibility index (Phi) is 5.59. The van der Waals surface area contributed by atoms with Crippen LogP contribution in [0, 0.1) is 0 Å². The SMILES string of the molecule is CC[C@H](Oc1ccc(C(C)(C)C)cc1)C(=O)Nc1ccc2c(c1)OCCO2. The van der Waals surface area contributed by atoms with E-state index in [-0.39, 0.29) is 11.3 Å². The number of carbonyl (C=O) groups excluding carboxylic acids is 1. The van der Waals surface area contributed by atoms with Gasteiger partial charge in [-0.3, -0.25) is 4.79 Å². The van der Waals surface area contributed by atoms with Crippen LogP contribution < -0.4 is 19.5 Å². The zero-order chi connectivity index (χ0) is 19.4. The van der Waals surface area contributed by atoms with Crippen LogP contribution in [0.1, 0.15) is 39.7 Å². The van der Waals surface area contributed by atoms with Gasteiger partial charge in [-0.25, -0.2) is 0 Å². The molecule has 1 aliphatic rings.